The van der Waals surface area contributed by atoms with Crippen molar-refractivity contribution in [3.63, 3.8) is 0 Å². The molecule has 3 rings (SSSR count). The zero-order chi connectivity index (χ0) is 19.6. The molecule has 6 nitrogen and oxygen atoms in total. The van der Waals surface area contributed by atoms with Gasteiger partial charge in [0.05, 0.1) is 12.5 Å². The quantitative estimate of drug-likeness (QED) is 0.589. The van der Waals surface area contributed by atoms with Crippen LogP contribution in [0, 0.1) is 0 Å². The summed E-state index contributed by atoms with van der Waals surface area (Å²) in [4.78, 5) is 23.7. The van der Waals surface area contributed by atoms with Crippen LogP contribution < -0.4 is 10.6 Å². The van der Waals surface area contributed by atoms with Crippen molar-refractivity contribution in [1.82, 2.24) is 10.6 Å². The summed E-state index contributed by atoms with van der Waals surface area (Å²) in [5, 5.41) is 5.63. The molecule has 0 aliphatic heterocycles. The first-order valence-corrected chi connectivity index (χ1v) is 8.76. The van der Waals surface area contributed by atoms with E-state index in [1.165, 1.54) is 12.2 Å². The molecule has 0 aliphatic rings. The lowest BCUT2D eigenvalue weighted by molar-refractivity contribution is -0.117. The number of amides is 2. The molecule has 0 aliphatic carbocycles. The number of hydrogen-bond acceptors (Lipinski definition) is 4. The second-order valence-corrected chi connectivity index (χ2v) is 5.95. The fourth-order valence-corrected chi connectivity index (χ4v) is 2.43. The third-order valence-electron chi connectivity index (χ3n) is 3.81. The van der Waals surface area contributed by atoms with Crippen LogP contribution in [0.1, 0.15) is 22.6 Å². The fourth-order valence-electron chi connectivity index (χ4n) is 2.43. The van der Waals surface area contributed by atoms with E-state index < -0.39 is 0 Å². The lowest BCUT2D eigenvalue weighted by Gasteiger charge is -2.07. The van der Waals surface area contributed by atoms with Crippen LogP contribution in [0.25, 0.3) is 12.2 Å². The molecule has 1 aromatic carbocycles. The van der Waals surface area contributed by atoms with E-state index in [-0.39, 0.29) is 11.8 Å². The maximum absolute atomic E-state index is 11.9. The summed E-state index contributed by atoms with van der Waals surface area (Å²) in [5.41, 5.74) is 1.88. The maximum atomic E-state index is 11.9. The summed E-state index contributed by atoms with van der Waals surface area (Å²) in [6, 6.07) is 14.7. The molecule has 2 heterocycles. The molecular formula is C22H20N2O4. The molecule has 0 spiro atoms. The van der Waals surface area contributed by atoms with Crippen LogP contribution in [-0.4, -0.2) is 11.8 Å². The molecule has 6 heteroatoms. The van der Waals surface area contributed by atoms with Crippen LogP contribution >= 0.6 is 0 Å². The highest BCUT2D eigenvalue weighted by molar-refractivity contribution is 5.91. The summed E-state index contributed by atoms with van der Waals surface area (Å²) in [6.45, 7) is 0.781. The van der Waals surface area contributed by atoms with Gasteiger partial charge in [0.25, 0.3) is 0 Å². The van der Waals surface area contributed by atoms with Gasteiger partial charge in [0.15, 0.2) is 0 Å². The summed E-state index contributed by atoms with van der Waals surface area (Å²) in [6.07, 6.45) is 9.17. The molecule has 2 aromatic heterocycles. The molecular weight excluding hydrogens is 356 g/mol. The molecule has 2 amide bonds. The van der Waals surface area contributed by atoms with Gasteiger partial charge in [0.1, 0.15) is 11.5 Å². The predicted octanol–water partition coefficient (Wildman–Crippen LogP) is 3.53. The Morgan fingerprint density at radius 2 is 1.25 bits per heavy atom. The number of rotatable bonds is 8. The van der Waals surface area contributed by atoms with Crippen molar-refractivity contribution in [3.8, 4) is 0 Å². The van der Waals surface area contributed by atoms with Gasteiger partial charge in [0.2, 0.25) is 11.8 Å². The first-order chi connectivity index (χ1) is 13.7. The monoisotopic (exact) mass is 376 g/mol. The normalized spacial score (nSPS) is 11.1. The molecule has 0 bridgehead atoms. The second-order valence-electron chi connectivity index (χ2n) is 5.95. The SMILES string of the molecule is O=C(/C=C\c1ccco1)NCc1cccc(CNC(=O)/C=C\c2ccco2)c1. The van der Waals surface area contributed by atoms with Crippen LogP contribution in [0.5, 0.6) is 0 Å². The van der Waals surface area contributed by atoms with E-state index in [0.717, 1.165) is 11.1 Å². The third kappa shape index (κ3) is 6.17. The summed E-state index contributed by atoms with van der Waals surface area (Å²) >= 11 is 0. The Bertz CT molecular complexity index is 879. The van der Waals surface area contributed by atoms with Crippen LogP contribution in [-0.2, 0) is 22.7 Å². The molecule has 28 heavy (non-hydrogen) atoms. The molecule has 0 saturated heterocycles. The molecule has 0 fully saturated rings. The second kappa shape index (κ2) is 9.78. The van der Waals surface area contributed by atoms with Crippen molar-refractivity contribution in [2.24, 2.45) is 0 Å². The van der Waals surface area contributed by atoms with Gasteiger partial charge in [-0.15, -0.1) is 0 Å². The van der Waals surface area contributed by atoms with Crippen molar-refractivity contribution in [2.45, 2.75) is 13.1 Å². The molecule has 142 valence electrons. The third-order valence-corrected chi connectivity index (χ3v) is 3.81. The Morgan fingerprint density at radius 3 is 1.68 bits per heavy atom. The van der Waals surface area contributed by atoms with Crippen molar-refractivity contribution >= 4 is 24.0 Å². The van der Waals surface area contributed by atoms with Crippen LogP contribution in [0.2, 0.25) is 0 Å². The van der Waals surface area contributed by atoms with Gasteiger partial charge in [-0.3, -0.25) is 9.59 Å². The van der Waals surface area contributed by atoms with E-state index in [9.17, 15) is 9.59 Å². The van der Waals surface area contributed by atoms with Crippen molar-refractivity contribution < 1.29 is 18.4 Å². The number of hydrogen-bond donors (Lipinski definition) is 2. The minimum Gasteiger partial charge on any atom is -0.465 e. The Labute approximate surface area is 162 Å². The largest absolute Gasteiger partial charge is 0.465 e. The van der Waals surface area contributed by atoms with Gasteiger partial charge < -0.3 is 19.5 Å². The molecule has 0 saturated carbocycles. The number of carbonyl (C=O) groups is 2. The number of furan rings is 2. The van der Waals surface area contributed by atoms with Crippen LogP contribution in [0.3, 0.4) is 0 Å². The van der Waals surface area contributed by atoms with Gasteiger partial charge >= 0.3 is 0 Å². The molecule has 2 N–H and O–H groups in total. The fraction of sp³-hybridized carbons (Fsp3) is 0.0909. The van der Waals surface area contributed by atoms with E-state index in [0.29, 0.717) is 24.6 Å². The van der Waals surface area contributed by atoms with E-state index in [2.05, 4.69) is 10.6 Å². The lowest BCUT2D eigenvalue weighted by atomic mass is 10.1. The number of carbonyl (C=O) groups excluding carboxylic acids is 2. The first-order valence-electron chi connectivity index (χ1n) is 8.76. The molecule has 0 radical (unpaired) electrons. The van der Waals surface area contributed by atoms with E-state index in [1.54, 1.807) is 48.9 Å². The smallest absolute Gasteiger partial charge is 0.244 e. The zero-order valence-corrected chi connectivity index (χ0v) is 15.1. The van der Waals surface area contributed by atoms with Crippen molar-refractivity contribution in [1.29, 1.82) is 0 Å². The lowest BCUT2D eigenvalue weighted by Crippen LogP contribution is -2.21. The summed E-state index contributed by atoms with van der Waals surface area (Å²) < 4.78 is 10.3. The van der Waals surface area contributed by atoms with E-state index >= 15 is 0 Å². The molecule has 0 atom stereocenters. The highest BCUT2D eigenvalue weighted by atomic mass is 16.3. The van der Waals surface area contributed by atoms with Gasteiger partial charge in [0, 0.05) is 25.2 Å². The highest BCUT2D eigenvalue weighted by Crippen LogP contribution is 2.06. The highest BCUT2D eigenvalue weighted by Gasteiger charge is 2.01. The Kier molecular flexibility index (Phi) is 6.62. The average molecular weight is 376 g/mol. The summed E-state index contributed by atoms with van der Waals surface area (Å²) in [7, 11) is 0. The van der Waals surface area contributed by atoms with Crippen molar-refractivity contribution in [2.75, 3.05) is 0 Å². The van der Waals surface area contributed by atoms with Crippen LogP contribution in [0.4, 0.5) is 0 Å². The van der Waals surface area contributed by atoms with E-state index in [1.807, 2.05) is 24.3 Å². The minimum absolute atomic E-state index is 0.210. The Balaban J connectivity index is 1.45. The average Bonchev–Trinajstić information content (AvgIpc) is 3.42. The Morgan fingerprint density at radius 1 is 0.750 bits per heavy atom. The molecule has 0 unspecified atom stereocenters. The molecule has 3 aromatic rings. The number of benzene rings is 1. The van der Waals surface area contributed by atoms with Crippen molar-refractivity contribution in [3.05, 3.63) is 95.9 Å². The zero-order valence-electron chi connectivity index (χ0n) is 15.1. The first kappa shape index (κ1) is 19.0. The van der Waals surface area contributed by atoms with E-state index in [4.69, 9.17) is 8.83 Å². The van der Waals surface area contributed by atoms with Gasteiger partial charge in [-0.05, 0) is 47.5 Å². The van der Waals surface area contributed by atoms with Crippen LogP contribution in [0.15, 0.2) is 82.0 Å². The predicted molar refractivity (Wildman–Crippen MR) is 106 cm³/mol. The topological polar surface area (TPSA) is 84.5 Å². The van der Waals surface area contributed by atoms with Gasteiger partial charge in [-0.1, -0.05) is 24.3 Å². The Hall–Kier alpha value is -3.80. The summed E-state index contributed by atoms with van der Waals surface area (Å²) in [5.74, 6) is 0.819. The maximum Gasteiger partial charge on any atom is 0.244 e. The number of nitrogens with one attached hydrogen (secondary N) is 2. The van der Waals surface area contributed by atoms with Gasteiger partial charge in [-0.2, -0.15) is 0 Å². The minimum atomic E-state index is -0.210. The van der Waals surface area contributed by atoms with Gasteiger partial charge in [-0.25, -0.2) is 0 Å². The standard InChI is InChI=1S/C22H20N2O4/c25-21(10-8-19-6-2-12-27-19)23-15-17-4-1-5-18(14-17)16-24-22(26)11-9-20-7-3-13-28-20/h1-14H,15-16H2,(H,23,25)(H,24,26)/b10-8-,11-9-.